The quantitative estimate of drug-likeness (QED) is 0.386. The molecule has 2 heterocycles. The van der Waals surface area contributed by atoms with Gasteiger partial charge >= 0.3 is 5.97 Å². The molecule has 0 aliphatic carbocycles. The number of esters is 1. The average molecular weight is 549 g/mol. The molecular formula is C32H40N2O6. The number of carbonyl (C=O) groups is 3. The van der Waals surface area contributed by atoms with E-state index in [-0.39, 0.29) is 43.5 Å². The van der Waals surface area contributed by atoms with Crippen LogP contribution in [0.5, 0.6) is 0 Å². The molecule has 2 amide bonds. The normalized spacial score (nSPS) is 25.9. The molecule has 0 aromatic heterocycles. The van der Waals surface area contributed by atoms with Gasteiger partial charge < -0.3 is 24.8 Å². The second-order valence-corrected chi connectivity index (χ2v) is 10.6. The van der Waals surface area contributed by atoms with Crippen molar-refractivity contribution in [3.05, 3.63) is 83.9 Å². The number of benzene rings is 2. The van der Waals surface area contributed by atoms with Crippen LogP contribution in [-0.4, -0.2) is 66.7 Å². The van der Waals surface area contributed by atoms with Crippen LogP contribution >= 0.6 is 0 Å². The van der Waals surface area contributed by atoms with Crippen LogP contribution in [0, 0.1) is 11.8 Å². The Balaban J connectivity index is 1.63. The molecular weight excluding hydrogens is 508 g/mol. The van der Waals surface area contributed by atoms with Crippen LogP contribution in [0.3, 0.4) is 0 Å². The highest BCUT2D eigenvalue weighted by Crippen LogP contribution is 2.28. The van der Waals surface area contributed by atoms with E-state index in [9.17, 15) is 19.5 Å². The highest BCUT2D eigenvalue weighted by atomic mass is 16.5. The maximum atomic E-state index is 13.6. The largest absolute Gasteiger partial charge is 0.455 e. The minimum absolute atomic E-state index is 0.0373. The number of aliphatic hydroxyl groups excluding tert-OH is 1. The fourth-order valence-corrected chi connectivity index (χ4v) is 5.58. The Hall–Kier alpha value is -3.49. The van der Waals surface area contributed by atoms with E-state index in [0.29, 0.717) is 25.8 Å². The highest BCUT2D eigenvalue weighted by molar-refractivity contribution is 5.86. The van der Waals surface area contributed by atoms with Crippen LogP contribution in [0.25, 0.3) is 0 Å². The van der Waals surface area contributed by atoms with Crippen LogP contribution in [0.1, 0.15) is 49.3 Å². The Morgan fingerprint density at radius 2 is 1.70 bits per heavy atom. The van der Waals surface area contributed by atoms with Crippen LogP contribution < -0.4 is 5.32 Å². The third kappa shape index (κ3) is 7.79. The summed E-state index contributed by atoms with van der Waals surface area (Å²) in [5.41, 5.74) is 1.79. The summed E-state index contributed by atoms with van der Waals surface area (Å²) >= 11 is 0. The summed E-state index contributed by atoms with van der Waals surface area (Å²) in [4.78, 5) is 42.1. The van der Waals surface area contributed by atoms with Gasteiger partial charge in [-0.15, -0.1) is 0 Å². The third-order valence-electron chi connectivity index (χ3n) is 7.78. The van der Waals surface area contributed by atoms with Gasteiger partial charge in [0.15, 0.2) is 0 Å². The molecule has 2 aromatic rings. The lowest BCUT2D eigenvalue weighted by atomic mass is 9.93. The summed E-state index contributed by atoms with van der Waals surface area (Å²) < 4.78 is 11.6. The number of allylic oxidation sites excluding steroid dienone is 2. The summed E-state index contributed by atoms with van der Waals surface area (Å²) in [6, 6.07) is 18.3. The van der Waals surface area contributed by atoms with Crippen molar-refractivity contribution in [3.63, 3.8) is 0 Å². The lowest BCUT2D eigenvalue weighted by Crippen LogP contribution is -2.47. The Labute approximate surface area is 236 Å². The zero-order chi connectivity index (χ0) is 28.3. The van der Waals surface area contributed by atoms with Gasteiger partial charge in [0, 0.05) is 20.1 Å². The van der Waals surface area contributed by atoms with Crippen molar-refractivity contribution in [1.82, 2.24) is 10.2 Å². The number of rotatable bonds is 8. The first-order valence-corrected chi connectivity index (χ1v) is 14.1. The van der Waals surface area contributed by atoms with Crippen LogP contribution in [-0.2, 0) is 30.3 Å². The Morgan fingerprint density at radius 3 is 2.38 bits per heavy atom. The molecule has 2 aliphatic rings. The predicted octanol–water partition coefficient (Wildman–Crippen LogP) is 3.60. The number of nitrogens with zero attached hydrogens (tertiary/aromatic N) is 1. The average Bonchev–Trinajstić information content (AvgIpc) is 3.46. The van der Waals surface area contributed by atoms with Crippen molar-refractivity contribution in [2.75, 3.05) is 26.9 Å². The van der Waals surface area contributed by atoms with Crippen LogP contribution in [0.2, 0.25) is 0 Å². The molecule has 214 valence electrons. The van der Waals surface area contributed by atoms with Crippen molar-refractivity contribution in [3.8, 4) is 0 Å². The number of hydrogen-bond acceptors (Lipinski definition) is 6. The van der Waals surface area contributed by atoms with E-state index < -0.39 is 24.0 Å². The topological polar surface area (TPSA) is 105 Å². The summed E-state index contributed by atoms with van der Waals surface area (Å²) in [7, 11) is 1.54. The predicted molar refractivity (Wildman–Crippen MR) is 151 cm³/mol. The van der Waals surface area contributed by atoms with E-state index in [1.54, 1.807) is 4.90 Å². The monoisotopic (exact) mass is 548 g/mol. The molecule has 0 bridgehead atoms. The number of aliphatic hydroxyl groups is 1. The lowest BCUT2D eigenvalue weighted by molar-refractivity contribution is -0.158. The van der Waals surface area contributed by atoms with Crippen molar-refractivity contribution < 1.29 is 29.0 Å². The minimum atomic E-state index is -0.770. The molecule has 1 saturated heterocycles. The molecule has 40 heavy (non-hydrogen) atoms. The Morgan fingerprint density at radius 1 is 1.02 bits per heavy atom. The molecule has 2 aromatic carbocycles. The molecule has 8 heteroatoms. The van der Waals surface area contributed by atoms with Crippen molar-refractivity contribution >= 4 is 17.8 Å². The molecule has 0 spiro atoms. The number of amides is 2. The standard InChI is InChI=1S/C32H40N2O6/c1-39-22-28-30(24-13-6-3-7-14-24)40-32(38)26(19-23-11-4-2-5-12-23)16-9-8-15-25(31(37)33-28)20-29(36)34-18-10-17-27(34)21-35/h2-9,11-14,25-28,30,35H,10,15-22H2,1H3,(H,33,37). The first-order valence-electron chi connectivity index (χ1n) is 14.1. The van der Waals surface area contributed by atoms with Crippen molar-refractivity contribution in [2.24, 2.45) is 11.8 Å². The van der Waals surface area contributed by atoms with E-state index in [0.717, 1.165) is 24.0 Å². The van der Waals surface area contributed by atoms with E-state index in [2.05, 4.69) is 5.32 Å². The van der Waals surface area contributed by atoms with E-state index >= 15 is 0 Å². The maximum absolute atomic E-state index is 13.6. The summed E-state index contributed by atoms with van der Waals surface area (Å²) in [6.07, 6.45) is 6.01. The van der Waals surface area contributed by atoms with Crippen molar-refractivity contribution in [2.45, 2.75) is 56.7 Å². The second kappa shape index (κ2) is 14.8. The fraction of sp³-hybridized carbons (Fsp3) is 0.469. The van der Waals surface area contributed by atoms with Gasteiger partial charge in [0.1, 0.15) is 6.10 Å². The number of hydrogen-bond donors (Lipinski definition) is 2. The summed E-state index contributed by atoms with van der Waals surface area (Å²) in [6.45, 7) is 0.635. The smallest absolute Gasteiger partial charge is 0.310 e. The van der Waals surface area contributed by atoms with E-state index in [1.165, 1.54) is 7.11 Å². The number of nitrogens with one attached hydrogen (secondary N) is 1. The van der Waals surface area contributed by atoms with Gasteiger partial charge in [0.05, 0.1) is 37.1 Å². The molecule has 1 fully saturated rings. The molecule has 0 saturated carbocycles. The summed E-state index contributed by atoms with van der Waals surface area (Å²) in [5, 5.41) is 12.7. The minimum Gasteiger partial charge on any atom is -0.455 e. The van der Waals surface area contributed by atoms with Gasteiger partial charge in [0.2, 0.25) is 11.8 Å². The maximum Gasteiger partial charge on any atom is 0.310 e. The van der Waals surface area contributed by atoms with Crippen molar-refractivity contribution in [1.29, 1.82) is 0 Å². The fourth-order valence-electron chi connectivity index (χ4n) is 5.58. The van der Waals surface area contributed by atoms with Gasteiger partial charge in [0.25, 0.3) is 0 Å². The van der Waals surface area contributed by atoms with Crippen LogP contribution in [0.15, 0.2) is 72.8 Å². The summed E-state index contributed by atoms with van der Waals surface area (Å²) in [5.74, 6) is -1.79. The van der Waals surface area contributed by atoms with Gasteiger partial charge in [-0.1, -0.05) is 72.8 Å². The lowest BCUT2D eigenvalue weighted by Gasteiger charge is -2.31. The molecule has 4 rings (SSSR count). The van der Waals surface area contributed by atoms with Gasteiger partial charge in [-0.25, -0.2) is 0 Å². The number of likely N-dealkylation sites (tertiary alicyclic amines) is 1. The first kappa shape index (κ1) is 29.5. The second-order valence-electron chi connectivity index (χ2n) is 10.6. The molecule has 2 aliphatic heterocycles. The molecule has 8 nitrogen and oxygen atoms in total. The number of methoxy groups -OCH3 is 1. The third-order valence-corrected chi connectivity index (χ3v) is 7.78. The Kier molecular flexibility index (Phi) is 10.9. The molecule has 5 atom stereocenters. The molecule has 0 radical (unpaired) electrons. The zero-order valence-electron chi connectivity index (χ0n) is 23.1. The van der Waals surface area contributed by atoms with Gasteiger partial charge in [-0.2, -0.15) is 0 Å². The highest BCUT2D eigenvalue weighted by Gasteiger charge is 2.35. The van der Waals surface area contributed by atoms with E-state index in [1.807, 2.05) is 72.8 Å². The zero-order valence-corrected chi connectivity index (χ0v) is 23.1. The van der Waals surface area contributed by atoms with Gasteiger partial charge in [-0.05, 0) is 43.2 Å². The first-order chi connectivity index (χ1) is 19.5. The SMILES string of the molecule is COCC1NC(=O)C(CC(=O)N2CCCC2CO)CC=CCC(Cc2ccccc2)C(=O)OC1c1ccccc1. The number of ether oxygens (including phenoxy) is 2. The number of cyclic esters (lactones) is 1. The van der Waals surface area contributed by atoms with E-state index in [4.69, 9.17) is 9.47 Å². The Bertz CT molecular complexity index is 1140. The number of carbonyl (C=O) groups excluding carboxylic acids is 3. The molecule has 2 N–H and O–H groups in total. The van der Waals surface area contributed by atoms with Crippen LogP contribution in [0.4, 0.5) is 0 Å². The molecule has 5 unspecified atom stereocenters. The van der Waals surface area contributed by atoms with Gasteiger partial charge in [-0.3, -0.25) is 14.4 Å².